The van der Waals surface area contributed by atoms with Gasteiger partial charge in [-0.2, -0.15) is 0 Å². The number of aromatic nitrogens is 2. The van der Waals surface area contributed by atoms with E-state index in [1.807, 2.05) is 22.7 Å². The molecule has 0 aromatic carbocycles. The van der Waals surface area contributed by atoms with Gasteiger partial charge in [0.25, 0.3) is 0 Å². The summed E-state index contributed by atoms with van der Waals surface area (Å²) in [5.41, 5.74) is 0.0725. The number of piperidine rings is 1. The molecule has 25 heavy (non-hydrogen) atoms. The molecule has 1 saturated carbocycles. The lowest BCUT2D eigenvalue weighted by Crippen LogP contribution is -2.47. The molecular weight excluding hydrogens is 316 g/mol. The van der Waals surface area contributed by atoms with Gasteiger partial charge in [0.15, 0.2) is 0 Å². The predicted octanol–water partition coefficient (Wildman–Crippen LogP) is 1.91. The predicted molar refractivity (Wildman–Crippen MR) is 93.6 cm³/mol. The van der Waals surface area contributed by atoms with Crippen molar-refractivity contribution in [2.45, 2.75) is 51.5 Å². The number of imidazole rings is 1. The Bertz CT molecular complexity index is 642. The summed E-state index contributed by atoms with van der Waals surface area (Å²) in [4.78, 5) is 33.1. The van der Waals surface area contributed by atoms with Gasteiger partial charge in [-0.15, -0.1) is 0 Å². The third-order valence-electron chi connectivity index (χ3n) is 6.74. The highest BCUT2D eigenvalue weighted by atomic mass is 16.2. The van der Waals surface area contributed by atoms with E-state index < -0.39 is 0 Å². The Morgan fingerprint density at radius 3 is 2.48 bits per heavy atom. The molecule has 6 heteroatoms. The molecule has 2 aliphatic heterocycles. The monoisotopic (exact) mass is 344 g/mol. The molecule has 1 aromatic heterocycles. The Hall–Kier alpha value is -1.85. The van der Waals surface area contributed by atoms with Crippen LogP contribution in [0.25, 0.3) is 0 Å². The molecule has 1 aromatic rings. The number of likely N-dealkylation sites (tertiary alicyclic amines) is 2. The molecule has 4 rings (SSSR count). The van der Waals surface area contributed by atoms with E-state index in [4.69, 9.17) is 0 Å². The normalized spacial score (nSPS) is 25.1. The third kappa shape index (κ3) is 3.18. The van der Waals surface area contributed by atoms with Gasteiger partial charge in [0.2, 0.25) is 11.8 Å². The molecule has 3 heterocycles. The van der Waals surface area contributed by atoms with Crippen LogP contribution < -0.4 is 0 Å². The molecule has 6 nitrogen and oxygen atoms in total. The summed E-state index contributed by atoms with van der Waals surface area (Å²) < 4.78 is 2.03. The molecule has 3 aliphatic rings. The smallest absolute Gasteiger partial charge is 0.230 e. The van der Waals surface area contributed by atoms with E-state index in [9.17, 15) is 9.59 Å². The van der Waals surface area contributed by atoms with Gasteiger partial charge in [-0.25, -0.2) is 4.98 Å². The van der Waals surface area contributed by atoms with Crippen molar-refractivity contribution in [1.29, 1.82) is 0 Å². The van der Waals surface area contributed by atoms with Gasteiger partial charge in [-0.05, 0) is 43.9 Å². The molecule has 136 valence electrons. The highest BCUT2D eigenvalue weighted by molar-refractivity contribution is 5.85. The van der Waals surface area contributed by atoms with Gasteiger partial charge in [0, 0.05) is 52.0 Å². The standard InChI is InChI=1S/C19H28N4O2/c1-21-10-6-18(3-2-16(21)24)7-11-23(12-8-18)17(25)19(4-5-19)14-22-13-9-20-15-22/h9,13,15H,2-8,10-12,14H2,1H3. The molecule has 0 radical (unpaired) electrons. The summed E-state index contributed by atoms with van der Waals surface area (Å²) in [5.74, 6) is 0.602. The van der Waals surface area contributed by atoms with Crippen molar-refractivity contribution in [1.82, 2.24) is 19.4 Å². The lowest BCUT2D eigenvalue weighted by atomic mass is 9.72. The number of hydrogen-bond donors (Lipinski definition) is 0. The maximum Gasteiger partial charge on any atom is 0.230 e. The summed E-state index contributed by atoms with van der Waals surface area (Å²) in [7, 11) is 1.91. The fourth-order valence-corrected chi connectivity index (χ4v) is 4.56. The van der Waals surface area contributed by atoms with Crippen LogP contribution in [0, 0.1) is 10.8 Å². The number of nitrogens with zero attached hydrogens (tertiary/aromatic N) is 4. The molecule has 2 saturated heterocycles. The van der Waals surface area contributed by atoms with Crippen molar-refractivity contribution in [3.8, 4) is 0 Å². The van der Waals surface area contributed by atoms with Crippen molar-refractivity contribution < 1.29 is 9.59 Å². The average molecular weight is 344 g/mol. The maximum absolute atomic E-state index is 13.1. The van der Waals surface area contributed by atoms with Crippen LogP contribution in [0.2, 0.25) is 0 Å². The van der Waals surface area contributed by atoms with Crippen LogP contribution in [0.4, 0.5) is 0 Å². The Labute approximate surface area is 149 Å². The highest BCUT2D eigenvalue weighted by Crippen LogP contribution is 2.50. The van der Waals surface area contributed by atoms with Crippen LogP contribution in [-0.4, -0.2) is 57.8 Å². The number of rotatable bonds is 3. The van der Waals surface area contributed by atoms with E-state index in [0.717, 1.165) is 64.7 Å². The molecule has 3 fully saturated rings. The first kappa shape index (κ1) is 16.6. The number of carbonyl (C=O) groups is 2. The first-order valence-corrected chi connectivity index (χ1v) is 9.51. The first-order chi connectivity index (χ1) is 12.0. The van der Waals surface area contributed by atoms with E-state index in [-0.39, 0.29) is 16.7 Å². The molecular formula is C19H28N4O2. The second kappa shape index (κ2) is 6.15. The second-order valence-electron chi connectivity index (χ2n) is 8.37. The SMILES string of the molecule is CN1CCC2(CCC1=O)CCN(C(=O)C1(Cn3ccnc3)CC1)CC2. The topological polar surface area (TPSA) is 58.4 Å². The van der Waals surface area contributed by atoms with Crippen molar-refractivity contribution in [3.05, 3.63) is 18.7 Å². The van der Waals surface area contributed by atoms with Gasteiger partial charge in [-0.3, -0.25) is 9.59 Å². The molecule has 0 bridgehead atoms. The van der Waals surface area contributed by atoms with Crippen LogP contribution in [0.3, 0.4) is 0 Å². The van der Waals surface area contributed by atoms with E-state index in [1.54, 1.807) is 12.5 Å². The Kier molecular flexibility index (Phi) is 4.08. The fourth-order valence-electron chi connectivity index (χ4n) is 4.56. The fraction of sp³-hybridized carbons (Fsp3) is 0.737. The van der Waals surface area contributed by atoms with Crippen molar-refractivity contribution in [2.24, 2.45) is 10.8 Å². The van der Waals surface area contributed by atoms with Gasteiger partial charge in [0.1, 0.15) is 0 Å². The lowest BCUT2D eigenvalue weighted by Gasteiger charge is -2.42. The van der Waals surface area contributed by atoms with E-state index in [0.29, 0.717) is 12.3 Å². The molecule has 0 N–H and O–H groups in total. The number of amides is 2. The van der Waals surface area contributed by atoms with Gasteiger partial charge in [-0.1, -0.05) is 0 Å². The van der Waals surface area contributed by atoms with Crippen LogP contribution in [-0.2, 0) is 16.1 Å². The first-order valence-electron chi connectivity index (χ1n) is 9.51. The van der Waals surface area contributed by atoms with E-state index >= 15 is 0 Å². The molecule has 2 amide bonds. The summed E-state index contributed by atoms with van der Waals surface area (Å²) in [6.45, 7) is 3.31. The molecule has 0 atom stereocenters. The van der Waals surface area contributed by atoms with Crippen molar-refractivity contribution in [2.75, 3.05) is 26.7 Å². The molecule has 1 aliphatic carbocycles. The zero-order valence-electron chi connectivity index (χ0n) is 15.1. The van der Waals surface area contributed by atoms with E-state index in [2.05, 4.69) is 9.88 Å². The summed E-state index contributed by atoms with van der Waals surface area (Å²) in [6, 6.07) is 0. The minimum absolute atomic E-state index is 0.190. The molecule has 1 spiro atoms. The maximum atomic E-state index is 13.1. The second-order valence-corrected chi connectivity index (χ2v) is 8.37. The summed E-state index contributed by atoms with van der Waals surface area (Å²) in [6.07, 6.45) is 12.3. The highest BCUT2D eigenvalue weighted by Gasteiger charge is 2.52. The van der Waals surface area contributed by atoms with Gasteiger partial charge < -0.3 is 14.4 Å². The Balaban J connectivity index is 1.37. The average Bonchev–Trinajstić information content (AvgIpc) is 3.26. The van der Waals surface area contributed by atoms with Crippen LogP contribution in [0.5, 0.6) is 0 Å². The third-order valence-corrected chi connectivity index (χ3v) is 6.74. The Morgan fingerprint density at radius 2 is 1.84 bits per heavy atom. The largest absolute Gasteiger partial charge is 0.346 e. The van der Waals surface area contributed by atoms with Crippen LogP contribution >= 0.6 is 0 Å². The minimum atomic E-state index is -0.190. The summed E-state index contributed by atoms with van der Waals surface area (Å²) in [5, 5.41) is 0. The van der Waals surface area contributed by atoms with Crippen LogP contribution in [0.1, 0.15) is 44.9 Å². The zero-order valence-corrected chi connectivity index (χ0v) is 15.1. The quantitative estimate of drug-likeness (QED) is 0.842. The van der Waals surface area contributed by atoms with E-state index in [1.165, 1.54) is 0 Å². The van der Waals surface area contributed by atoms with Gasteiger partial charge >= 0.3 is 0 Å². The van der Waals surface area contributed by atoms with Crippen molar-refractivity contribution in [3.63, 3.8) is 0 Å². The number of hydrogen-bond acceptors (Lipinski definition) is 3. The zero-order chi connectivity index (χ0) is 17.5. The number of carbonyl (C=O) groups excluding carboxylic acids is 2. The lowest BCUT2D eigenvalue weighted by molar-refractivity contribution is -0.140. The van der Waals surface area contributed by atoms with Crippen molar-refractivity contribution >= 4 is 11.8 Å². The summed E-state index contributed by atoms with van der Waals surface area (Å²) >= 11 is 0. The molecule has 0 unspecified atom stereocenters. The van der Waals surface area contributed by atoms with Gasteiger partial charge in [0.05, 0.1) is 11.7 Å². The minimum Gasteiger partial charge on any atom is -0.346 e. The Morgan fingerprint density at radius 1 is 1.12 bits per heavy atom. The van der Waals surface area contributed by atoms with Crippen LogP contribution in [0.15, 0.2) is 18.7 Å².